The first-order valence-electron chi connectivity index (χ1n) is 9.54. The van der Waals surface area contributed by atoms with Gasteiger partial charge < -0.3 is 10.3 Å². The van der Waals surface area contributed by atoms with E-state index in [2.05, 4.69) is 46.5 Å². The minimum atomic E-state index is -0.616. The van der Waals surface area contributed by atoms with Gasteiger partial charge in [-0.3, -0.25) is 0 Å². The Morgan fingerprint density at radius 1 is 0.793 bits per heavy atom. The highest BCUT2D eigenvalue weighted by molar-refractivity contribution is 7.81. The third-order valence-corrected chi connectivity index (χ3v) is 6.01. The molecule has 4 nitrogen and oxygen atoms in total. The van der Waals surface area contributed by atoms with Gasteiger partial charge in [-0.25, -0.2) is 0 Å². The second-order valence-electron chi connectivity index (χ2n) is 7.06. The van der Waals surface area contributed by atoms with Gasteiger partial charge in [0, 0.05) is 5.25 Å². The first kappa shape index (κ1) is 19.4. The van der Waals surface area contributed by atoms with Crippen molar-refractivity contribution >= 4 is 12.6 Å². The van der Waals surface area contributed by atoms with E-state index < -0.39 is 11.5 Å². The Hall–Kier alpha value is -2.89. The van der Waals surface area contributed by atoms with Crippen LogP contribution in [-0.2, 0) is 5.41 Å². The highest BCUT2D eigenvalue weighted by Gasteiger charge is 2.46. The molecule has 0 amide bonds. The summed E-state index contributed by atoms with van der Waals surface area (Å²) in [6, 6.07) is 30.4. The Balaban J connectivity index is 2.00. The molecule has 146 valence electrons. The average molecular weight is 402 g/mol. The number of nitrogens with two attached hydrogens (primary N) is 1. The van der Waals surface area contributed by atoms with Crippen LogP contribution in [-0.4, -0.2) is 15.4 Å². The predicted octanol–water partition coefficient (Wildman–Crippen LogP) is 4.71. The molecule has 0 bridgehead atoms. The van der Waals surface area contributed by atoms with E-state index >= 15 is 0 Å². The van der Waals surface area contributed by atoms with E-state index in [0.717, 1.165) is 16.7 Å². The molecule has 29 heavy (non-hydrogen) atoms. The maximum Gasteiger partial charge on any atom is 0.244 e. The fourth-order valence-electron chi connectivity index (χ4n) is 3.97. The average Bonchev–Trinajstić information content (AvgIpc) is 3.22. The van der Waals surface area contributed by atoms with Gasteiger partial charge in [-0.1, -0.05) is 96.2 Å². The van der Waals surface area contributed by atoms with Gasteiger partial charge in [-0.05, 0) is 23.6 Å². The number of hydrogen-bond donors (Lipinski definition) is 2. The van der Waals surface area contributed by atoms with Crippen molar-refractivity contribution in [3.8, 4) is 0 Å². The maximum absolute atomic E-state index is 6.68. The number of nitrogens with zero attached hydrogens (tertiary/aromatic N) is 2. The second-order valence-corrected chi connectivity index (χ2v) is 7.61. The number of rotatable bonds is 6. The normalized spacial score (nSPS) is 13.8. The number of thiol groups is 1. The van der Waals surface area contributed by atoms with E-state index in [4.69, 9.17) is 22.9 Å². The highest BCUT2D eigenvalue weighted by Crippen LogP contribution is 2.47. The molecule has 2 unspecified atom stereocenters. The summed E-state index contributed by atoms with van der Waals surface area (Å²) in [5.41, 5.74) is 9.36. The van der Waals surface area contributed by atoms with Crippen LogP contribution in [0.15, 0.2) is 95.5 Å². The molecule has 3 aromatic carbocycles. The van der Waals surface area contributed by atoms with E-state index in [9.17, 15) is 0 Å². The summed E-state index contributed by atoms with van der Waals surface area (Å²) in [6.45, 7) is 1.78. The molecule has 0 aliphatic heterocycles. The van der Waals surface area contributed by atoms with Crippen molar-refractivity contribution in [2.45, 2.75) is 23.6 Å². The van der Waals surface area contributed by atoms with Crippen LogP contribution in [0.5, 0.6) is 0 Å². The molecule has 0 fully saturated rings. The smallest absolute Gasteiger partial charge is 0.244 e. The van der Waals surface area contributed by atoms with Crippen molar-refractivity contribution in [1.29, 1.82) is 0 Å². The minimum Gasteiger partial charge on any atom is -0.338 e. The Kier molecular flexibility index (Phi) is 5.51. The lowest BCUT2D eigenvalue weighted by Gasteiger charge is -2.42. The number of hydrogen-bond acceptors (Lipinski definition) is 5. The highest BCUT2D eigenvalue weighted by atomic mass is 32.1. The van der Waals surface area contributed by atoms with Crippen LogP contribution >= 0.6 is 12.6 Å². The van der Waals surface area contributed by atoms with Crippen molar-refractivity contribution in [1.82, 2.24) is 10.1 Å². The first-order chi connectivity index (χ1) is 14.1. The van der Waals surface area contributed by atoms with Gasteiger partial charge in [-0.2, -0.15) is 17.6 Å². The van der Waals surface area contributed by atoms with Crippen LogP contribution < -0.4 is 5.73 Å². The van der Waals surface area contributed by atoms with Crippen LogP contribution in [0, 0.1) is 6.92 Å². The molecule has 0 saturated carbocycles. The Bertz CT molecular complexity index is 955. The second kappa shape index (κ2) is 8.23. The molecular formula is C24H23N3OS. The zero-order valence-electron chi connectivity index (χ0n) is 16.1. The van der Waals surface area contributed by atoms with Crippen molar-refractivity contribution in [2.24, 2.45) is 5.73 Å². The van der Waals surface area contributed by atoms with Crippen LogP contribution in [0.4, 0.5) is 0 Å². The summed E-state index contributed by atoms with van der Waals surface area (Å²) in [4.78, 5) is 4.37. The van der Waals surface area contributed by atoms with Crippen LogP contribution in [0.1, 0.15) is 34.4 Å². The van der Waals surface area contributed by atoms with Crippen molar-refractivity contribution in [3.63, 3.8) is 0 Å². The molecule has 5 heteroatoms. The lowest BCUT2D eigenvalue weighted by atomic mass is 9.65. The molecule has 1 aromatic heterocycles. The molecular weight excluding hydrogens is 378 g/mol. The molecule has 2 atom stereocenters. The Morgan fingerprint density at radius 3 is 1.55 bits per heavy atom. The molecule has 1 heterocycles. The van der Waals surface area contributed by atoms with Gasteiger partial charge in [0.15, 0.2) is 5.82 Å². The maximum atomic E-state index is 6.68. The van der Waals surface area contributed by atoms with Gasteiger partial charge >= 0.3 is 0 Å². The summed E-state index contributed by atoms with van der Waals surface area (Å²) in [7, 11) is 0. The van der Waals surface area contributed by atoms with Gasteiger partial charge in [0.25, 0.3) is 0 Å². The third-order valence-electron chi connectivity index (χ3n) is 5.30. The van der Waals surface area contributed by atoms with Crippen molar-refractivity contribution in [3.05, 3.63) is 119 Å². The van der Waals surface area contributed by atoms with E-state index in [1.165, 1.54) is 0 Å². The van der Waals surface area contributed by atoms with E-state index in [1.54, 1.807) is 6.92 Å². The molecule has 2 N–H and O–H groups in total. The standard InChI is InChI=1S/C24H23N3OS/c1-17-26-23(28-27-17)21(25)22(29)24(18-11-5-2-6-12-18,19-13-7-3-8-14-19)20-15-9-4-10-16-20/h2-16,21-22,29H,25H2,1H3. The molecule has 0 aliphatic carbocycles. The molecule has 0 saturated heterocycles. The lowest BCUT2D eigenvalue weighted by Crippen LogP contribution is -2.44. The van der Waals surface area contributed by atoms with Gasteiger partial charge in [0.2, 0.25) is 5.89 Å². The summed E-state index contributed by atoms with van der Waals surface area (Å²) in [6.07, 6.45) is 0. The molecule has 0 spiro atoms. The number of benzene rings is 3. The number of aryl methyl sites for hydroxylation is 1. The summed E-state index contributed by atoms with van der Waals surface area (Å²) in [5, 5.41) is 3.55. The summed E-state index contributed by atoms with van der Waals surface area (Å²) >= 11 is 5.11. The lowest BCUT2D eigenvalue weighted by molar-refractivity contribution is 0.336. The molecule has 4 rings (SSSR count). The summed E-state index contributed by atoms with van der Waals surface area (Å²) in [5.74, 6) is 0.940. The van der Waals surface area contributed by atoms with E-state index in [1.807, 2.05) is 54.6 Å². The molecule has 4 aromatic rings. The topological polar surface area (TPSA) is 64.9 Å². The van der Waals surface area contributed by atoms with Crippen LogP contribution in [0.3, 0.4) is 0 Å². The number of aromatic nitrogens is 2. The molecule has 0 aliphatic rings. The van der Waals surface area contributed by atoms with E-state index in [0.29, 0.717) is 11.7 Å². The quantitative estimate of drug-likeness (QED) is 0.363. The Morgan fingerprint density at radius 2 is 1.21 bits per heavy atom. The zero-order valence-corrected chi connectivity index (χ0v) is 17.0. The Labute approximate surface area is 176 Å². The zero-order chi connectivity index (χ0) is 20.3. The van der Waals surface area contributed by atoms with Gasteiger partial charge in [0.1, 0.15) is 0 Å². The third kappa shape index (κ3) is 3.48. The predicted molar refractivity (Wildman–Crippen MR) is 118 cm³/mol. The summed E-state index contributed by atoms with van der Waals surface area (Å²) < 4.78 is 5.41. The fourth-order valence-corrected chi connectivity index (χ4v) is 4.54. The fraction of sp³-hybridized carbons (Fsp3) is 0.167. The molecule has 0 radical (unpaired) electrons. The van der Waals surface area contributed by atoms with Crippen LogP contribution in [0.2, 0.25) is 0 Å². The van der Waals surface area contributed by atoms with Crippen LogP contribution in [0.25, 0.3) is 0 Å². The first-order valence-corrected chi connectivity index (χ1v) is 10.1. The van der Waals surface area contributed by atoms with E-state index in [-0.39, 0.29) is 5.25 Å². The minimum absolute atomic E-state index is 0.366. The van der Waals surface area contributed by atoms with Gasteiger partial charge in [-0.15, -0.1) is 0 Å². The van der Waals surface area contributed by atoms with Gasteiger partial charge in [0.05, 0.1) is 11.5 Å². The SMILES string of the molecule is Cc1noc(C(N)C(S)C(c2ccccc2)(c2ccccc2)c2ccccc2)n1. The van der Waals surface area contributed by atoms with Crippen molar-refractivity contribution in [2.75, 3.05) is 0 Å². The monoisotopic (exact) mass is 401 g/mol. The largest absolute Gasteiger partial charge is 0.338 e. The van der Waals surface area contributed by atoms with Crippen molar-refractivity contribution < 1.29 is 4.52 Å².